The van der Waals surface area contributed by atoms with Crippen molar-refractivity contribution in [3.05, 3.63) is 29.6 Å². The minimum atomic E-state index is -3.78. The molecule has 8 heteroatoms. The fraction of sp³-hybridized carbons (Fsp3) is 0.417. The number of nitrogens with zero attached hydrogens (tertiary/aromatic N) is 1. The molecule has 0 aromatic heterocycles. The highest BCUT2D eigenvalue weighted by Crippen LogP contribution is 2.27. The average Bonchev–Trinajstić information content (AvgIpc) is 2.38. The molecule has 1 heterocycles. The summed E-state index contributed by atoms with van der Waals surface area (Å²) in [6.45, 7) is 2.78. The molecule has 1 atom stereocenters. The van der Waals surface area contributed by atoms with E-state index in [9.17, 15) is 12.8 Å². The monoisotopic (exact) mass is 334 g/mol. The second-order valence-electron chi connectivity index (χ2n) is 4.52. The molecule has 0 aliphatic carbocycles. The second kappa shape index (κ2) is 5.97. The first-order valence-electron chi connectivity index (χ1n) is 6.04. The van der Waals surface area contributed by atoms with E-state index in [0.29, 0.717) is 13.1 Å². The van der Waals surface area contributed by atoms with Gasteiger partial charge < -0.3 is 5.73 Å². The van der Waals surface area contributed by atoms with E-state index in [1.807, 2.05) is 6.92 Å². The molecule has 20 heavy (non-hydrogen) atoms. The van der Waals surface area contributed by atoms with E-state index in [4.69, 9.17) is 18.0 Å². The van der Waals surface area contributed by atoms with E-state index >= 15 is 0 Å². The summed E-state index contributed by atoms with van der Waals surface area (Å²) in [7, 11) is -3.78. The van der Waals surface area contributed by atoms with E-state index in [-0.39, 0.29) is 20.7 Å². The van der Waals surface area contributed by atoms with Gasteiger partial charge in [0.1, 0.15) is 10.8 Å². The normalized spacial score (nSPS) is 20.8. The number of hydrogen-bond donors (Lipinski definition) is 1. The summed E-state index contributed by atoms with van der Waals surface area (Å²) in [5, 5.41) is 0.209. The first-order valence-corrected chi connectivity index (χ1v) is 8.94. The summed E-state index contributed by atoms with van der Waals surface area (Å²) in [4.78, 5) is -0.398. The Kier molecular flexibility index (Phi) is 4.68. The maximum absolute atomic E-state index is 13.8. The van der Waals surface area contributed by atoms with Crippen LogP contribution in [0.1, 0.15) is 12.5 Å². The highest BCUT2D eigenvalue weighted by atomic mass is 32.2. The van der Waals surface area contributed by atoms with Crippen LogP contribution in [0.2, 0.25) is 0 Å². The highest BCUT2D eigenvalue weighted by Gasteiger charge is 2.32. The lowest BCUT2D eigenvalue weighted by molar-refractivity contribution is 0.423. The van der Waals surface area contributed by atoms with Gasteiger partial charge in [-0.1, -0.05) is 25.2 Å². The molecule has 1 aromatic rings. The molecule has 2 N–H and O–H groups in total. The van der Waals surface area contributed by atoms with Gasteiger partial charge >= 0.3 is 0 Å². The number of halogens is 1. The number of hydrogen-bond acceptors (Lipinski definition) is 4. The predicted molar refractivity (Wildman–Crippen MR) is 83.0 cm³/mol. The summed E-state index contributed by atoms with van der Waals surface area (Å²) >= 11 is 6.50. The average molecular weight is 334 g/mol. The molecule has 1 aliphatic heterocycles. The van der Waals surface area contributed by atoms with Gasteiger partial charge in [0.05, 0.1) is 10.5 Å². The van der Waals surface area contributed by atoms with Gasteiger partial charge in [0, 0.05) is 24.1 Å². The molecule has 1 fully saturated rings. The topological polar surface area (TPSA) is 63.4 Å². The number of thioether (sulfide) groups is 1. The van der Waals surface area contributed by atoms with Crippen molar-refractivity contribution in [1.82, 2.24) is 4.31 Å². The van der Waals surface area contributed by atoms with Crippen LogP contribution in [0.25, 0.3) is 0 Å². The zero-order chi connectivity index (χ0) is 14.9. The quantitative estimate of drug-likeness (QED) is 0.851. The van der Waals surface area contributed by atoms with Gasteiger partial charge in [-0.05, 0) is 12.1 Å². The molecule has 1 saturated heterocycles. The minimum absolute atomic E-state index is 0.149. The summed E-state index contributed by atoms with van der Waals surface area (Å²) in [6.07, 6.45) is 0. The van der Waals surface area contributed by atoms with E-state index < -0.39 is 15.8 Å². The lowest BCUT2D eigenvalue weighted by atomic mass is 10.2. The third-order valence-electron chi connectivity index (χ3n) is 3.04. The predicted octanol–water partition coefficient (Wildman–Crippen LogP) is 1.59. The van der Waals surface area contributed by atoms with Crippen LogP contribution < -0.4 is 5.73 Å². The molecule has 0 bridgehead atoms. The van der Waals surface area contributed by atoms with Crippen LogP contribution in [0.4, 0.5) is 4.39 Å². The zero-order valence-corrected chi connectivity index (χ0v) is 13.3. The van der Waals surface area contributed by atoms with Gasteiger partial charge in [-0.3, -0.25) is 0 Å². The summed E-state index contributed by atoms with van der Waals surface area (Å²) in [6, 6.07) is 3.85. The molecule has 1 unspecified atom stereocenters. The fourth-order valence-electron chi connectivity index (χ4n) is 2.10. The Bertz CT molecular complexity index is 634. The van der Waals surface area contributed by atoms with Gasteiger partial charge in [-0.25, -0.2) is 12.8 Å². The van der Waals surface area contributed by atoms with Crippen molar-refractivity contribution in [3.63, 3.8) is 0 Å². The molecule has 0 saturated carbocycles. The van der Waals surface area contributed by atoms with Crippen molar-refractivity contribution in [3.8, 4) is 0 Å². The van der Waals surface area contributed by atoms with E-state index in [0.717, 1.165) is 11.8 Å². The summed E-state index contributed by atoms with van der Waals surface area (Å²) in [5.41, 5.74) is 5.27. The Hall–Kier alpha value is -0.700. The zero-order valence-electron chi connectivity index (χ0n) is 10.9. The summed E-state index contributed by atoms with van der Waals surface area (Å²) in [5.74, 6) is 0.0102. The second-order valence-corrected chi connectivity index (χ2v) is 8.41. The third kappa shape index (κ3) is 2.98. The van der Waals surface area contributed by atoms with E-state index in [1.165, 1.54) is 16.4 Å². The third-order valence-corrected chi connectivity index (χ3v) is 6.29. The van der Waals surface area contributed by atoms with Crippen LogP contribution in [0.15, 0.2) is 23.1 Å². The van der Waals surface area contributed by atoms with Crippen LogP contribution in [-0.4, -0.2) is 41.8 Å². The molecular formula is C12H15FN2O2S3. The van der Waals surface area contributed by atoms with Crippen LogP contribution in [0.5, 0.6) is 0 Å². The Balaban J connectivity index is 2.49. The lowest BCUT2D eigenvalue weighted by Gasteiger charge is -2.30. The maximum atomic E-state index is 13.8. The van der Waals surface area contributed by atoms with Crippen molar-refractivity contribution in [1.29, 1.82) is 0 Å². The number of thiocarbonyl (C=S) groups is 1. The van der Waals surface area contributed by atoms with Crippen molar-refractivity contribution < 1.29 is 12.8 Å². The van der Waals surface area contributed by atoms with E-state index in [2.05, 4.69) is 0 Å². The fourth-order valence-corrected chi connectivity index (χ4v) is 5.34. The van der Waals surface area contributed by atoms with Crippen LogP contribution >= 0.6 is 24.0 Å². The summed E-state index contributed by atoms with van der Waals surface area (Å²) < 4.78 is 40.5. The van der Waals surface area contributed by atoms with Gasteiger partial charge in [0.25, 0.3) is 0 Å². The van der Waals surface area contributed by atoms with Gasteiger partial charge in [-0.15, -0.1) is 0 Å². The maximum Gasteiger partial charge on any atom is 0.243 e. The molecule has 1 aromatic carbocycles. The molecule has 110 valence electrons. The first kappa shape index (κ1) is 15.7. The Labute approximate surface area is 127 Å². The smallest absolute Gasteiger partial charge is 0.243 e. The minimum Gasteiger partial charge on any atom is -0.389 e. The van der Waals surface area contributed by atoms with Crippen LogP contribution in [0, 0.1) is 5.82 Å². The van der Waals surface area contributed by atoms with Crippen LogP contribution in [0.3, 0.4) is 0 Å². The van der Waals surface area contributed by atoms with E-state index in [1.54, 1.807) is 11.8 Å². The SMILES string of the molecule is CC1CN(S(=O)(=O)c2cccc(F)c2C(N)=S)CCS1. The Morgan fingerprint density at radius 3 is 2.85 bits per heavy atom. The highest BCUT2D eigenvalue weighted by molar-refractivity contribution is 8.00. The number of sulfonamides is 1. The lowest BCUT2D eigenvalue weighted by Crippen LogP contribution is -2.41. The Morgan fingerprint density at radius 2 is 2.25 bits per heavy atom. The van der Waals surface area contributed by atoms with Gasteiger partial charge in [-0.2, -0.15) is 16.1 Å². The molecule has 0 amide bonds. The molecule has 0 radical (unpaired) electrons. The first-order chi connectivity index (χ1) is 9.34. The molecule has 4 nitrogen and oxygen atoms in total. The molecule has 0 spiro atoms. The molecule has 2 rings (SSSR count). The van der Waals surface area contributed by atoms with Crippen molar-refractivity contribution in [2.45, 2.75) is 17.1 Å². The number of benzene rings is 1. The Morgan fingerprint density at radius 1 is 1.55 bits per heavy atom. The van der Waals surface area contributed by atoms with Crippen LogP contribution in [-0.2, 0) is 10.0 Å². The molecule has 1 aliphatic rings. The van der Waals surface area contributed by atoms with Crippen molar-refractivity contribution in [2.24, 2.45) is 5.73 Å². The standard InChI is InChI=1S/C12H15FN2O2S3/c1-8-7-15(5-6-19-8)20(16,17)10-4-2-3-9(13)11(10)12(14)18/h2-4,8H,5-7H2,1H3,(H2,14,18). The molecular weight excluding hydrogens is 319 g/mol. The van der Waals surface area contributed by atoms with Crippen molar-refractivity contribution >= 4 is 39.0 Å². The van der Waals surface area contributed by atoms with Gasteiger partial charge in [0.15, 0.2) is 0 Å². The van der Waals surface area contributed by atoms with Crippen molar-refractivity contribution in [2.75, 3.05) is 18.8 Å². The number of nitrogens with two attached hydrogens (primary N) is 1. The largest absolute Gasteiger partial charge is 0.389 e. The van der Waals surface area contributed by atoms with Gasteiger partial charge in [0.2, 0.25) is 10.0 Å². The number of rotatable bonds is 3.